The summed E-state index contributed by atoms with van der Waals surface area (Å²) in [7, 11) is -1.17. The predicted molar refractivity (Wildman–Crippen MR) is 102 cm³/mol. The van der Waals surface area contributed by atoms with E-state index in [4.69, 9.17) is 9.57 Å². The minimum atomic E-state index is -3.73. The molecule has 146 valence electrons. The highest BCUT2D eigenvalue weighted by Gasteiger charge is 2.20. The number of sulfonamides is 1. The molecule has 0 unspecified atom stereocenters. The molecule has 0 saturated carbocycles. The Bertz CT molecular complexity index is 875. The fraction of sp³-hybridized carbons (Fsp3) is 0.316. The van der Waals surface area contributed by atoms with E-state index in [9.17, 15) is 13.2 Å². The molecule has 2 aromatic carbocycles. The second-order valence-corrected chi connectivity index (χ2v) is 7.88. The molecule has 2 aromatic rings. The standard InChI is InChI=1S/C19H24N2O5S/c1-14-6-5-7-15(2)18(14)26-13-12-20-19(22)16-8-10-17(11-9-16)27(23,24)21(3)25-4/h5-11H,12-13H2,1-4H3,(H,20,22). The van der Waals surface area contributed by atoms with Gasteiger partial charge in [-0.1, -0.05) is 22.7 Å². The molecule has 0 aliphatic rings. The van der Waals surface area contributed by atoms with Gasteiger partial charge in [0.2, 0.25) is 0 Å². The number of hydrogen-bond acceptors (Lipinski definition) is 5. The maximum absolute atomic E-state index is 12.2. The largest absolute Gasteiger partial charge is 0.491 e. The van der Waals surface area contributed by atoms with Crippen LogP contribution >= 0.6 is 0 Å². The van der Waals surface area contributed by atoms with Gasteiger partial charge in [0.25, 0.3) is 15.9 Å². The van der Waals surface area contributed by atoms with Crippen molar-refractivity contribution in [2.45, 2.75) is 18.7 Å². The van der Waals surface area contributed by atoms with Crippen molar-refractivity contribution in [1.29, 1.82) is 0 Å². The highest BCUT2D eigenvalue weighted by Crippen LogP contribution is 2.22. The van der Waals surface area contributed by atoms with E-state index in [2.05, 4.69) is 5.32 Å². The van der Waals surface area contributed by atoms with Gasteiger partial charge in [-0.15, -0.1) is 0 Å². The molecule has 0 atom stereocenters. The lowest BCUT2D eigenvalue weighted by Gasteiger charge is -2.14. The Morgan fingerprint density at radius 1 is 1.07 bits per heavy atom. The van der Waals surface area contributed by atoms with Crippen LogP contribution in [0.4, 0.5) is 0 Å². The van der Waals surface area contributed by atoms with Crippen molar-refractivity contribution in [1.82, 2.24) is 9.79 Å². The molecule has 1 amide bonds. The van der Waals surface area contributed by atoms with E-state index in [1.165, 1.54) is 38.4 Å². The van der Waals surface area contributed by atoms with Gasteiger partial charge < -0.3 is 10.1 Å². The molecule has 2 rings (SSSR count). The number of benzene rings is 2. The zero-order valence-corrected chi connectivity index (χ0v) is 16.7. The van der Waals surface area contributed by atoms with E-state index in [-0.39, 0.29) is 10.8 Å². The van der Waals surface area contributed by atoms with Gasteiger partial charge in [0.05, 0.1) is 18.6 Å². The highest BCUT2D eigenvalue weighted by molar-refractivity contribution is 7.89. The Hall–Kier alpha value is -2.42. The van der Waals surface area contributed by atoms with Crippen molar-refractivity contribution >= 4 is 15.9 Å². The number of ether oxygens (including phenoxy) is 1. The van der Waals surface area contributed by atoms with Crippen LogP contribution in [0.2, 0.25) is 0 Å². The topological polar surface area (TPSA) is 84.9 Å². The fourth-order valence-corrected chi connectivity index (χ4v) is 3.44. The second kappa shape index (κ2) is 8.98. The van der Waals surface area contributed by atoms with Gasteiger partial charge in [0, 0.05) is 12.6 Å². The molecule has 0 spiro atoms. The van der Waals surface area contributed by atoms with Crippen molar-refractivity contribution in [3.05, 3.63) is 59.2 Å². The van der Waals surface area contributed by atoms with Gasteiger partial charge in [0.15, 0.2) is 0 Å². The van der Waals surface area contributed by atoms with Crippen LogP contribution in [0, 0.1) is 13.8 Å². The lowest BCUT2D eigenvalue weighted by molar-refractivity contribution is -0.0258. The monoisotopic (exact) mass is 392 g/mol. The minimum absolute atomic E-state index is 0.0433. The van der Waals surface area contributed by atoms with Gasteiger partial charge in [-0.3, -0.25) is 9.63 Å². The van der Waals surface area contributed by atoms with E-state index in [0.29, 0.717) is 18.7 Å². The Morgan fingerprint density at radius 2 is 1.67 bits per heavy atom. The molecule has 0 bridgehead atoms. The van der Waals surface area contributed by atoms with E-state index in [1.54, 1.807) is 0 Å². The molecular formula is C19H24N2O5S. The van der Waals surface area contributed by atoms with Crippen LogP contribution in [0.25, 0.3) is 0 Å². The molecule has 7 nitrogen and oxygen atoms in total. The predicted octanol–water partition coefficient (Wildman–Crippen LogP) is 2.29. The summed E-state index contributed by atoms with van der Waals surface area (Å²) in [5, 5.41) is 2.75. The van der Waals surface area contributed by atoms with Crippen LogP contribution in [0.1, 0.15) is 21.5 Å². The Labute approximate surface area is 159 Å². The lowest BCUT2D eigenvalue weighted by Crippen LogP contribution is -2.28. The fourth-order valence-electron chi connectivity index (χ4n) is 2.47. The van der Waals surface area contributed by atoms with Crippen LogP contribution in [-0.2, 0) is 14.9 Å². The molecule has 0 saturated heterocycles. The van der Waals surface area contributed by atoms with Crippen molar-refractivity contribution in [2.24, 2.45) is 0 Å². The molecule has 1 N–H and O–H groups in total. The summed E-state index contributed by atoms with van der Waals surface area (Å²) >= 11 is 0. The van der Waals surface area contributed by atoms with Crippen LogP contribution in [0.15, 0.2) is 47.4 Å². The Balaban J connectivity index is 1.91. The van der Waals surface area contributed by atoms with Gasteiger partial charge >= 0.3 is 0 Å². The number of nitrogens with one attached hydrogen (secondary N) is 1. The summed E-state index contributed by atoms with van der Waals surface area (Å²) in [6.07, 6.45) is 0. The molecule has 0 aliphatic heterocycles. The molecule has 0 radical (unpaired) electrons. The van der Waals surface area contributed by atoms with Crippen molar-refractivity contribution < 1.29 is 22.8 Å². The molecule has 0 fully saturated rings. The van der Waals surface area contributed by atoms with Crippen LogP contribution in [-0.4, -0.2) is 46.1 Å². The molecule has 27 heavy (non-hydrogen) atoms. The summed E-state index contributed by atoms with van der Waals surface area (Å²) in [6.45, 7) is 4.61. The summed E-state index contributed by atoms with van der Waals surface area (Å²) in [4.78, 5) is 17.0. The molecule has 0 aliphatic carbocycles. The third-order valence-electron chi connectivity index (χ3n) is 4.05. The van der Waals surface area contributed by atoms with Crippen LogP contribution < -0.4 is 10.1 Å². The number of amides is 1. The maximum atomic E-state index is 12.2. The smallest absolute Gasteiger partial charge is 0.264 e. The van der Waals surface area contributed by atoms with Gasteiger partial charge in [-0.2, -0.15) is 0 Å². The Kier molecular flexibility index (Phi) is 6.95. The number of aryl methyl sites for hydroxylation is 2. The zero-order valence-electron chi connectivity index (χ0n) is 15.9. The SMILES string of the molecule is CON(C)S(=O)(=O)c1ccc(C(=O)NCCOc2c(C)cccc2C)cc1. The lowest BCUT2D eigenvalue weighted by atomic mass is 10.1. The van der Waals surface area contributed by atoms with Gasteiger partial charge in [-0.05, 0) is 49.2 Å². The first-order chi connectivity index (χ1) is 12.8. The van der Waals surface area contributed by atoms with Crippen LogP contribution in [0.5, 0.6) is 5.75 Å². The highest BCUT2D eigenvalue weighted by atomic mass is 32.2. The quantitative estimate of drug-likeness (QED) is 0.550. The van der Waals surface area contributed by atoms with Crippen molar-refractivity contribution in [3.8, 4) is 5.75 Å². The van der Waals surface area contributed by atoms with Crippen LogP contribution in [0.3, 0.4) is 0 Å². The number of para-hydroxylation sites is 1. The molecule has 0 aromatic heterocycles. The number of carbonyl (C=O) groups is 1. The summed E-state index contributed by atoms with van der Waals surface area (Å²) in [5.74, 6) is 0.521. The average molecular weight is 392 g/mol. The molecule has 8 heteroatoms. The minimum Gasteiger partial charge on any atom is -0.491 e. The first-order valence-corrected chi connectivity index (χ1v) is 9.81. The Morgan fingerprint density at radius 3 is 2.22 bits per heavy atom. The number of carbonyl (C=O) groups excluding carboxylic acids is 1. The second-order valence-electron chi connectivity index (χ2n) is 5.95. The third-order valence-corrected chi connectivity index (χ3v) is 5.75. The number of rotatable bonds is 8. The number of hydrogen-bond donors (Lipinski definition) is 1. The van der Waals surface area contributed by atoms with E-state index in [0.717, 1.165) is 21.3 Å². The summed E-state index contributed by atoms with van der Waals surface area (Å²) < 4.78 is 30.8. The average Bonchev–Trinajstić information content (AvgIpc) is 2.66. The van der Waals surface area contributed by atoms with E-state index < -0.39 is 10.0 Å². The summed E-state index contributed by atoms with van der Waals surface area (Å²) in [5.41, 5.74) is 2.44. The van der Waals surface area contributed by atoms with E-state index in [1.807, 2.05) is 32.0 Å². The van der Waals surface area contributed by atoms with Gasteiger partial charge in [0.1, 0.15) is 12.4 Å². The van der Waals surface area contributed by atoms with Gasteiger partial charge in [-0.25, -0.2) is 8.42 Å². The molecule has 0 heterocycles. The zero-order chi connectivity index (χ0) is 20.0. The molecular weight excluding hydrogens is 368 g/mol. The first-order valence-electron chi connectivity index (χ1n) is 8.37. The third kappa shape index (κ3) is 5.06. The first kappa shape index (κ1) is 20.9. The number of hydroxylamine groups is 1. The van der Waals surface area contributed by atoms with Crippen molar-refractivity contribution in [3.63, 3.8) is 0 Å². The van der Waals surface area contributed by atoms with Crippen molar-refractivity contribution in [2.75, 3.05) is 27.3 Å². The maximum Gasteiger partial charge on any atom is 0.264 e. The number of nitrogens with zero attached hydrogens (tertiary/aromatic N) is 1. The van der Waals surface area contributed by atoms with E-state index >= 15 is 0 Å². The normalized spacial score (nSPS) is 11.4. The summed E-state index contributed by atoms with van der Waals surface area (Å²) in [6, 6.07) is 11.6.